The molecule has 0 amide bonds. The Kier molecular flexibility index (Phi) is 8.44. The van der Waals surface area contributed by atoms with Crippen molar-refractivity contribution in [3.63, 3.8) is 0 Å². The van der Waals surface area contributed by atoms with Crippen molar-refractivity contribution in [3.05, 3.63) is 30.6 Å². The number of hydrogen-bond donors (Lipinski definition) is 0. The van der Waals surface area contributed by atoms with Crippen molar-refractivity contribution in [1.29, 1.82) is 0 Å². The summed E-state index contributed by atoms with van der Waals surface area (Å²) in [5.74, 6) is 0. The number of rotatable bonds is 0. The highest BCUT2D eigenvalue weighted by Gasteiger charge is 1.78. The molecule has 0 saturated heterocycles. The van der Waals surface area contributed by atoms with E-state index in [0.717, 1.165) is 0 Å². The Morgan fingerprint density at radius 2 is 1.44 bits per heavy atom. The van der Waals surface area contributed by atoms with Crippen molar-refractivity contribution < 1.29 is 4.57 Å². The third-order valence-electron chi connectivity index (χ3n) is 0.865. The summed E-state index contributed by atoms with van der Waals surface area (Å²) >= 11 is 0. The van der Waals surface area contributed by atoms with E-state index in [1.54, 1.807) is 0 Å². The van der Waals surface area contributed by atoms with Gasteiger partial charge in [0.2, 0.25) is 0 Å². The van der Waals surface area contributed by atoms with Gasteiger partial charge >= 0.3 is 0 Å². The molecule has 1 nitrogen and oxygen atoms in total. The Hall–Kier alpha value is 0.230. The lowest BCUT2D eigenvalue weighted by atomic mass is 10.5. The van der Waals surface area contributed by atoms with Crippen molar-refractivity contribution in [2.45, 2.75) is 0 Å². The second kappa shape index (κ2) is 6.35. The molecule has 0 fully saturated rings. The molecular weight excluding hydrogens is 245 g/mol. The average Bonchev–Trinajstić information content (AvgIpc) is 1.69. The van der Waals surface area contributed by atoms with E-state index < -0.39 is 0 Å². The predicted molar refractivity (Wildman–Crippen MR) is 53.4 cm³/mol. The normalized spacial score (nSPS) is 6.78. The molecule has 0 spiro atoms. The summed E-state index contributed by atoms with van der Waals surface area (Å²) in [6, 6.07) is 6.00. The summed E-state index contributed by atoms with van der Waals surface area (Å²) in [4.78, 5) is 0. The molecule has 0 saturated carbocycles. The first-order chi connectivity index (χ1) is 3.39. The molecule has 52 valence electrons. The summed E-state index contributed by atoms with van der Waals surface area (Å²) in [6.45, 7) is 0. The summed E-state index contributed by atoms with van der Waals surface area (Å²) in [7, 11) is 2.00. The third-order valence-corrected chi connectivity index (χ3v) is 0.865. The molecule has 0 radical (unpaired) electrons. The molecule has 0 aliphatic heterocycles. The van der Waals surface area contributed by atoms with Crippen LogP contribution >= 0.6 is 37.5 Å². The molecular formula is C6H11INS+. The predicted octanol–water partition coefficient (Wildman–Crippen LogP) is 1.24. The molecule has 0 N–H and O–H groups in total. The standard InChI is InChI=1S/C6H8N.HI.H2S/c1-7-5-3-2-4-6-7;;/h2-6H,1H3;1H;1H2/q+1;;. The zero-order valence-electron chi connectivity index (χ0n) is 5.24. The summed E-state index contributed by atoms with van der Waals surface area (Å²) < 4.78 is 2.00. The number of halogens is 1. The molecule has 0 aliphatic carbocycles. The Balaban J connectivity index is 0. The highest BCUT2D eigenvalue weighted by molar-refractivity contribution is 14.0. The van der Waals surface area contributed by atoms with Crippen LogP contribution in [0.4, 0.5) is 0 Å². The first kappa shape index (κ1) is 12.0. The van der Waals surface area contributed by atoms with Gasteiger partial charge in [-0.2, -0.15) is 13.5 Å². The van der Waals surface area contributed by atoms with Crippen molar-refractivity contribution >= 4 is 37.5 Å². The van der Waals surface area contributed by atoms with Gasteiger partial charge in [-0.15, -0.1) is 24.0 Å². The molecule has 0 aromatic carbocycles. The molecule has 0 atom stereocenters. The van der Waals surface area contributed by atoms with Gasteiger partial charge in [0.1, 0.15) is 7.05 Å². The van der Waals surface area contributed by atoms with Crippen molar-refractivity contribution in [2.24, 2.45) is 7.05 Å². The maximum absolute atomic E-state index is 2.00. The minimum absolute atomic E-state index is 0. The fourth-order valence-electron chi connectivity index (χ4n) is 0.485. The zero-order valence-corrected chi connectivity index (χ0v) is 8.57. The minimum atomic E-state index is 0. The first-order valence-corrected chi connectivity index (χ1v) is 2.30. The molecule has 0 unspecified atom stereocenters. The van der Waals surface area contributed by atoms with E-state index in [1.165, 1.54) is 0 Å². The lowest BCUT2D eigenvalue weighted by Gasteiger charge is -1.77. The lowest BCUT2D eigenvalue weighted by Crippen LogP contribution is -2.25. The lowest BCUT2D eigenvalue weighted by molar-refractivity contribution is -0.671. The van der Waals surface area contributed by atoms with Crippen molar-refractivity contribution in [1.82, 2.24) is 0 Å². The molecule has 9 heavy (non-hydrogen) atoms. The van der Waals surface area contributed by atoms with Crippen LogP contribution in [-0.4, -0.2) is 0 Å². The number of hydrogen-bond acceptors (Lipinski definition) is 0. The van der Waals surface area contributed by atoms with E-state index in [0.29, 0.717) is 0 Å². The highest BCUT2D eigenvalue weighted by Crippen LogP contribution is 1.71. The molecule has 1 aromatic rings. The van der Waals surface area contributed by atoms with Crippen LogP contribution in [0.3, 0.4) is 0 Å². The van der Waals surface area contributed by atoms with E-state index >= 15 is 0 Å². The van der Waals surface area contributed by atoms with Crippen LogP contribution in [0.15, 0.2) is 30.6 Å². The van der Waals surface area contributed by atoms with Crippen LogP contribution in [0.25, 0.3) is 0 Å². The number of pyridine rings is 1. The van der Waals surface area contributed by atoms with Gasteiger partial charge in [-0.1, -0.05) is 6.07 Å². The van der Waals surface area contributed by atoms with Crippen LogP contribution in [0.2, 0.25) is 0 Å². The monoisotopic (exact) mass is 256 g/mol. The maximum atomic E-state index is 2.00. The molecule has 1 aromatic heterocycles. The van der Waals surface area contributed by atoms with Gasteiger partial charge in [0, 0.05) is 12.1 Å². The molecule has 0 aliphatic rings. The number of nitrogens with zero attached hydrogens (tertiary/aromatic N) is 1. The first-order valence-electron chi connectivity index (χ1n) is 2.30. The smallest absolute Gasteiger partial charge is 0.168 e. The van der Waals surface area contributed by atoms with Gasteiger partial charge in [-0.25, -0.2) is 4.57 Å². The number of aromatic nitrogens is 1. The molecule has 0 bridgehead atoms. The van der Waals surface area contributed by atoms with E-state index in [-0.39, 0.29) is 37.5 Å². The molecule has 1 heterocycles. The van der Waals surface area contributed by atoms with E-state index in [2.05, 4.69) is 0 Å². The van der Waals surface area contributed by atoms with E-state index in [1.807, 2.05) is 42.2 Å². The highest BCUT2D eigenvalue weighted by atomic mass is 127. The summed E-state index contributed by atoms with van der Waals surface area (Å²) in [5, 5.41) is 0. The van der Waals surface area contributed by atoms with Crippen molar-refractivity contribution in [2.75, 3.05) is 0 Å². The van der Waals surface area contributed by atoms with Gasteiger partial charge in [0.05, 0.1) is 0 Å². The van der Waals surface area contributed by atoms with E-state index in [4.69, 9.17) is 0 Å². The third kappa shape index (κ3) is 4.72. The van der Waals surface area contributed by atoms with E-state index in [9.17, 15) is 0 Å². The van der Waals surface area contributed by atoms with Crippen LogP contribution < -0.4 is 4.57 Å². The molecule has 1 rings (SSSR count). The van der Waals surface area contributed by atoms with Gasteiger partial charge in [-0.05, 0) is 0 Å². The van der Waals surface area contributed by atoms with Crippen LogP contribution in [0, 0.1) is 0 Å². The maximum Gasteiger partial charge on any atom is 0.168 e. The molecule has 3 heteroatoms. The Morgan fingerprint density at radius 3 is 1.67 bits per heavy atom. The summed E-state index contributed by atoms with van der Waals surface area (Å²) in [5.41, 5.74) is 0. The Morgan fingerprint density at radius 1 is 1.00 bits per heavy atom. The van der Waals surface area contributed by atoms with Crippen molar-refractivity contribution in [3.8, 4) is 0 Å². The second-order valence-electron chi connectivity index (χ2n) is 1.54. The van der Waals surface area contributed by atoms with Gasteiger partial charge < -0.3 is 0 Å². The second-order valence-corrected chi connectivity index (χ2v) is 1.54. The van der Waals surface area contributed by atoms with Crippen LogP contribution in [-0.2, 0) is 7.05 Å². The van der Waals surface area contributed by atoms with Crippen LogP contribution in [0.1, 0.15) is 0 Å². The largest absolute Gasteiger partial charge is 0.208 e. The van der Waals surface area contributed by atoms with Gasteiger partial charge in [-0.3, -0.25) is 0 Å². The Labute approximate surface area is 79.6 Å². The average molecular weight is 256 g/mol. The fourth-order valence-corrected chi connectivity index (χ4v) is 0.485. The quantitative estimate of drug-likeness (QED) is 0.486. The number of aryl methyl sites for hydroxylation is 1. The fraction of sp³-hybridized carbons (Fsp3) is 0.167. The topological polar surface area (TPSA) is 3.88 Å². The zero-order chi connectivity index (χ0) is 5.11. The van der Waals surface area contributed by atoms with Gasteiger partial charge in [0.15, 0.2) is 12.4 Å². The Bertz CT molecular complexity index is 143. The van der Waals surface area contributed by atoms with Crippen LogP contribution in [0.5, 0.6) is 0 Å². The minimum Gasteiger partial charge on any atom is -0.208 e. The summed E-state index contributed by atoms with van der Waals surface area (Å²) in [6.07, 6.45) is 4.00. The van der Waals surface area contributed by atoms with Gasteiger partial charge in [0.25, 0.3) is 0 Å². The SMILES string of the molecule is C[n+]1ccccc1.I.S.